The molecule has 0 aliphatic carbocycles. The van der Waals surface area contributed by atoms with Crippen molar-refractivity contribution in [3.63, 3.8) is 0 Å². The zero-order chi connectivity index (χ0) is 17.8. The highest BCUT2D eigenvalue weighted by atomic mass is 32.1. The van der Waals surface area contributed by atoms with E-state index in [4.69, 9.17) is 4.74 Å². The monoisotopic (exact) mass is 355 g/mol. The quantitative estimate of drug-likeness (QED) is 0.735. The minimum atomic E-state index is -0.132. The number of benzene rings is 1. The second-order valence-electron chi connectivity index (χ2n) is 5.83. The average molecular weight is 355 g/mol. The first kappa shape index (κ1) is 17.4. The van der Waals surface area contributed by atoms with Crippen molar-refractivity contribution in [1.82, 2.24) is 15.1 Å². The molecule has 0 unspecified atom stereocenters. The number of amides is 1. The molecule has 3 rings (SSSR count). The van der Waals surface area contributed by atoms with Gasteiger partial charge in [-0.05, 0) is 36.1 Å². The van der Waals surface area contributed by atoms with Crippen molar-refractivity contribution in [3.05, 3.63) is 64.1 Å². The molecule has 6 heteroatoms. The number of rotatable bonds is 6. The summed E-state index contributed by atoms with van der Waals surface area (Å²) >= 11 is 1.62. The summed E-state index contributed by atoms with van der Waals surface area (Å²) in [6.07, 6.45) is 1.83. The van der Waals surface area contributed by atoms with Crippen LogP contribution in [-0.4, -0.2) is 29.3 Å². The van der Waals surface area contributed by atoms with Crippen LogP contribution in [0.5, 0.6) is 0 Å². The normalized spacial score (nSPS) is 12.1. The first-order valence-electron chi connectivity index (χ1n) is 8.03. The molecule has 1 atom stereocenters. The van der Waals surface area contributed by atoms with Crippen LogP contribution < -0.4 is 5.32 Å². The summed E-state index contributed by atoms with van der Waals surface area (Å²) in [5.74, 6) is -0.109. The van der Waals surface area contributed by atoms with E-state index in [1.807, 2.05) is 61.9 Å². The van der Waals surface area contributed by atoms with Crippen molar-refractivity contribution in [1.29, 1.82) is 0 Å². The minimum Gasteiger partial charge on any atom is -0.374 e. The van der Waals surface area contributed by atoms with Crippen molar-refractivity contribution in [2.24, 2.45) is 7.05 Å². The molecule has 130 valence electrons. The fourth-order valence-corrected chi connectivity index (χ4v) is 3.58. The van der Waals surface area contributed by atoms with Gasteiger partial charge in [0, 0.05) is 42.9 Å². The van der Waals surface area contributed by atoms with E-state index in [-0.39, 0.29) is 12.0 Å². The van der Waals surface area contributed by atoms with Gasteiger partial charge >= 0.3 is 0 Å². The van der Waals surface area contributed by atoms with Gasteiger partial charge in [0.2, 0.25) is 0 Å². The Morgan fingerprint density at radius 1 is 1.36 bits per heavy atom. The molecule has 5 nitrogen and oxygen atoms in total. The number of hydrogen-bond acceptors (Lipinski definition) is 4. The van der Waals surface area contributed by atoms with E-state index in [0.29, 0.717) is 12.1 Å². The lowest BCUT2D eigenvalue weighted by Crippen LogP contribution is -2.28. The van der Waals surface area contributed by atoms with E-state index in [1.165, 1.54) is 0 Å². The molecule has 1 aromatic carbocycles. The predicted octanol–water partition coefficient (Wildman–Crippen LogP) is 3.57. The lowest BCUT2D eigenvalue weighted by molar-refractivity contribution is 0.0837. The van der Waals surface area contributed by atoms with Crippen LogP contribution in [0.15, 0.2) is 48.0 Å². The summed E-state index contributed by atoms with van der Waals surface area (Å²) in [4.78, 5) is 13.6. The van der Waals surface area contributed by atoms with Crippen LogP contribution in [0, 0.1) is 6.92 Å². The average Bonchev–Trinajstić information content (AvgIpc) is 3.25. The van der Waals surface area contributed by atoms with E-state index < -0.39 is 0 Å². The Hall–Kier alpha value is -2.44. The Morgan fingerprint density at radius 3 is 2.84 bits per heavy atom. The van der Waals surface area contributed by atoms with Crippen molar-refractivity contribution in [3.8, 4) is 11.1 Å². The number of carbonyl (C=O) groups is 1. The fourth-order valence-electron chi connectivity index (χ4n) is 2.77. The summed E-state index contributed by atoms with van der Waals surface area (Å²) in [6, 6.07) is 11.6. The van der Waals surface area contributed by atoms with Crippen molar-refractivity contribution in [2.75, 3.05) is 13.7 Å². The highest BCUT2D eigenvalue weighted by Gasteiger charge is 2.15. The van der Waals surface area contributed by atoms with Crippen molar-refractivity contribution < 1.29 is 9.53 Å². The number of carbonyl (C=O) groups excluding carboxylic acids is 1. The Kier molecular flexibility index (Phi) is 5.31. The van der Waals surface area contributed by atoms with E-state index in [0.717, 1.165) is 21.7 Å². The second-order valence-corrected chi connectivity index (χ2v) is 6.81. The van der Waals surface area contributed by atoms with Crippen molar-refractivity contribution in [2.45, 2.75) is 13.0 Å². The second kappa shape index (κ2) is 7.63. The standard InChI is InChI=1S/C19H21N3O2S/c1-13-16(12-22(2)21-13)14-6-4-7-15(10-14)19(23)20-11-17(24-3)18-8-5-9-25-18/h4-10,12,17H,11H2,1-3H3,(H,20,23)/t17-/m1/s1. The van der Waals surface area contributed by atoms with Gasteiger partial charge in [0.15, 0.2) is 0 Å². The maximum absolute atomic E-state index is 12.5. The Morgan fingerprint density at radius 2 is 2.20 bits per heavy atom. The van der Waals surface area contributed by atoms with Gasteiger partial charge in [0.25, 0.3) is 5.91 Å². The van der Waals surface area contributed by atoms with Crippen LogP contribution in [0.2, 0.25) is 0 Å². The Balaban J connectivity index is 1.72. The summed E-state index contributed by atoms with van der Waals surface area (Å²) in [5.41, 5.74) is 3.59. The zero-order valence-electron chi connectivity index (χ0n) is 14.5. The molecule has 0 spiro atoms. The maximum atomic E-state index is 12.5. The van der Waals surface area contributed by atoms with Crippen LogP contribution in [0.4, 0.5) is 0 Å². The zero-order valence-corrected chi connectivity index (χ0v) is 15.3. The van der Waals surface area contributed by atoms with E-state index in [1.54, 1.807) is 23.1 Å². The summed E-state index contributed by atoms with van der Waals surface area (Å²) in [7, 11) is 3.55. The third-order valence-electron chi connectivity index (χ3n) is 4.04. The third-order valence-corrected chi connectivity index (χ3v) is 5.01. The Bertz CT molecular complexity index is 855. The molecular formula is C19H21N3O2S. The first-order valence-corrected chi connectivity index (χ1v) is 8.91. The molecule has 0 saturated heterocycles. The molecule has 0 aliphatic rings. The maximum Gasteiger partial charge on any atom is 0.251 e. The molecule has 2 heterocycles. The molecule has 1 amide bonds. The van der Waals surface area contributed by atoms with Gasteiger partial charge in [-0.2, -0.15) is 5.10 Å². The lowest BCUT2D eigenvalue weighted by Gasteiger charge is -2.14. The Labute approximate surface area is 151 Å². The van der Waals surface area contributed by atoms with Gasteiger partial charge in [-0.3, -0.25) is 9.48 Å². The summed E-state index contributed by atoms with van der Waals surface area (Å²) in [6.45, 7) is 2.40. The van der Waals surface area contributed by atoms with Crippen LogP contribution in [-0.2, 0) is 11.8 Å². The molecule has 0 aliphatic heterocycles. The van der Waals surface area contributed by atoms with E-state index in [2.05, 4.69) is 10.4 Å². The SMILES string of the molecule is CO[C@H](CNC(=O)c1cccc(-c2cn(C)nc2C)c1)c1cccs1. The molecule has 3 aromatic rings. The molecule has 25 heavy (non-hydrogen) atoms. The number of ether oxygens (including phenoxy) is 1. The van der Waals surface area contributed by atoms with E-state index in [9.17, 15) is 4.79 Å². The summed E-state index contributed by atoms with van der Waals surface area (Å²) in [5, 5.41) is 9.32. The minimum absolute atomic E-state index is 0.109. The topological polar surface area (TPSA) is 56.1 Å². The van der Waals surface area contributed by atoms with Gasteiger partial charge in [0.1, 0.15) is 6.10 Å². The number of aromatic nitrogens is 2. The van der Waals surface area contributed by atoms with Crippen LogP contribution >= 0.6 is 11.3 Å². The molecule has 0 saturated carbocycles. The highest BCUT2D eigenvalue weighted by Crippen LogP contribution is 2.24. The molecule has 0 radical (unpaired) electrons. The van der Waals surface area contributed by atoms with Crippen LogP contribution in [0.25, 0.3) is 11.1 Å². The van der Waals surface area contributed by atoms with Crippen LogP contribution in [0.3, 0.4) is 0 Å². The van der Waals surface area contributed by atoms with Gasteiger partial charge in [0.05, 0.1) is 5.69 Å². The number of nitrogens with zero attached hydrogens (tertiary/aromatic N) is 2. The molecule has 2 aromatic heterocycles. The lowest BCUT2D eigenvalue weighted by atomic mass is 10.0. The summed E-state index contributed by atoms with van der Waals surface area (Å²) < 4.78 is 7.26. The number of methoxy groups -OCH3 is 1. The first-order chi connectivity index (χ1) is 12.1. The van der Waals surface area contributed by atoms with E-state index >= 15 is 0 Å². The van der Waals surface area contributed by atoms with Gasteiger partial charge in [-0.15, -0.1) is 11.3 Å². The molecule has 1 N–H and O–H groups in total. The molecule has 0 bridgehead atoms. The molecule has 0 fully saturated rings. The van der Waals surface area contributed by atoms with Gasteiger partial charge < -0.3 is 10.1 Å². The fraction of sp³-hybridized carbons (Fsp3) is 0.263. The number of thiophene rings is 1. The third kappa shape index (κ3) is 3.97. The number of hydrogen-bond donors (Lipinski definition) is 1. The molecular weight excluding hydrogens is 334 g/mol. The van der Waals surface area contributed by atoms with Crippen molar-refractivity contribution >= 4 is 17.2 Å². The number of aryl methyl sites for hydroxylation is 2. The van der Waals surface area contributed by atoms with Gasteiger partial charge in [-0.25, -0.2) is 0 Å². The van der Waals surface area contributed by atoms with Crippen LogP contribution in [0.1, 0.15) is 27.0 Å². The smallest absolute Gasteiger partial charge is 0.251 e. The predicted molar refractivity (Wildman–Crippen MR) is 99.8 cm³/mol. The highest BCUT2D eigenvalue weighted by molar-refractivity contribution is 7.10. The van der Waals surface area contributed by atoms with Gasteiger partial charge in [-0.1, -0.05) is 18.2 Å². The largest absolute Gasteiger partial charge is 0.374 e. The number of nitrogens with one attached hydrogen (secondary N) is 1.